The Labute approximate surface area is 94.6 Å². The molecule has 5 heteroatoms. The molecule has 0 saturated heterocycles. The molecule has 0 aliphatic carbocycles. The van der Waals surface area contributed by atoms with Gasteiger partial charge in [-0.1, -0.05) is 15.9 Å². The fourth-order valence-electron chi connectivity index (χ4n) is 0.535. The van der Waals surface area contributed by atoms with Crippen LogP contribution in [0.3, 0.4) is 0 Å². The molecule has 0 fully saturated rings. The first-order valence-corrected chi connectivity index (χ1v) is 4.82. The Balaban J connectivity index is 0.000001000. The molecule has 1 N–H and O–H groups in total. The van der Waals surface area contributed by atoms with Gasteiger partial charge in [0.25, 0.3) is 0 Å². The van der Waals surface area contributed by atoms with E-state index in [0.29, 0.717) is 8.95 Å². The van der Waals surface area contributed by atoms with Crippen LogP contribution in [0.15, 0.2) is 25.6 Å². The summed E-state index contributed by atoms with van der Waals surface area (Å²) < 4.78 is 2.27. The van der Waals surface area contributed by atoms with Crippen molar-refractivity contribution in [1.29, 1.82) is 0 Å². The van der Waals surface area contributed by atoms with Crippen LogP contribution in [0, 0.1) is 0 Å². The van der Waals surface area contributed by atoms with Crippen molar-refractivity contribution in [3.63, 3.8) is 0 Å². The highest BCUT2D eigenvalue weighted by atomic mass is 79.9. The Morgan fingerprint density at radius 1 is 1.00 bits per heavy atom. The molecule has 0 radical (unpaired) electrons. The van der Waals surface area contributed by atoms with Crippen LogP contribution in [0.4, 0.5) is 0 Å². The molecule has 1 nitrogen and oxygen atoms in total. The van der Waals surface area contributed by atoms with Gasteiger partial charge in [-0.2, -0.15) is 0 Å². The van der Waals surface area contributed by atoms with Crippen LogP contribution in [0.2, 0.25) is 0 Å². The maximum atomic E-state index is 9.22. The van der Waals surface area contributed by atoms with Crippen molar-refractivity contribution in [2.45, 2.75) is 0 Å². The lowest BCUT2D eigenvalue weighted by molar-refractivity contribution is 0.468. The van der Waals surface area contributed by atoms with Crippen LogP contribution in [-0.2, 0) is 0 Å². The lowest BCUT2D eigenvalue weighted by Crippen LogP contribution is -1.71. The van der Waals surface area contributed by atoms with Gasteiger partial charge in [-0.05, 0) is 55.0 Å². The number of rotatable bonds is 0. The first kappa shape index (κ1) is 11.7. The summed E-state index contributed by atoms with van der Waals surface area (Å²) in [7, 11) is 0. The summed E-state index contributed by atoms with van der Waals surface area (Å²) in [5, 5.41) is 9.22. The van der Waals surface area contributed by atoms with Crippen LogP contribution in [0.25, 0.3) is 0 Å². The molecular formula is C6H7Br3OSi. The monoisotopic (exact) mass is 360 g/mol. The topological polar surface area (TPSA) is 20.2 Å². The average molecular weight is 363 g/mol. The molecule has 1 aromatic carbocycles. The first-order valence-electron chi connectivity index (χ1n) is 2.45. The molecule has 0 heterocycles. The largest absolute Gasteiger partial charge is 0.506 e. The van der Waals surface area contributed by atoms with Crippen molar-refractivity contribution in [1.82, 2.24) is 0 Å². The van der Waals surface area contributed by atoms with Gasteiger partial charge in [0.2, 0.25) is 0 Å². The minimum absolute atomic E-state index is 0. The average Bonchev–Trinajstić information content (AvgIpc) is 1.82. The van der Waals surface area contributed by atoms with Gasteiger partial charge < -0.3 is 5.11 Å². The van der Waals surface area contributed by atoms with Crippen molar-refractivity contribution in [2.75, 3.05) is 0 Å². The third-order valence-electron chi connectivity index (χ3n) is 0.982. The second-order valence-corrected chi connectivity index (χ2v) is 4.34. The van der Waals surface area contributed by atoms with Crippen molar-refractivity contribution >= 4 is 58.8 Å². The summed E-state index contributed by atoms with van der Waals surface area (Å²) in [6, 6.07) is 3.56. The fourth-order valence-corrected chi connectivity index (χ4v) is 2.79. The van der Waals surface area contributed by atoms with E-state index in [2.05, 4.69) is 47.8 Å². The molecule has 0 bridgehead atoms. The normalized spacial score (nSPS) is 9.00. The van der Waals surface area contributed by atoms with Crippen LogP contribution < -0.4 is 0 Å². The number of phenolic OH excluding ortho intramolecular Hbond substituents is 1. The lowest BCUT2D eigenvalue weighted by Gasteiger charge is -1.99. The summed E-state index contributed by atoms with van der Waals surface area (Å²) in [4.78, 5) is 0. The highest BCUT2D eigenvalue weighted by Gasteiger charge is 2.02. The van der Waals surface area contributed by atoms with Gasteiger partial charge in [0.1, 0.15) is 5.75 Å². The minimum atomic E-state index is 0. The number of halogens is 3. The Bertz CT molecular complexity index is 241. The first-order chi connectivity index (χ1) is 4.61. The van der Waals surface area contributed by atoms with E-state index in [-0.39, 0.29) is 16.7 Å². The fraction of sp³-hybridized carbons (Fsp3) is 0. The van der Waals surface area contributed by atoms with E-state index in [1.54, 1.807) is 12.1 Å². The summed E-state index contributed by atoms with van der Waals surface area (Å²) >= 11 is 9.65. The molecule has 0 amide bonds. The highest BCUT2D eigenvalue weighted by molar-refractivity contribution is 9.11. The predicted octanol–water partition coefficient (Wildman–Crippen LogP) is 2.23. The molecule has 0 aliphatic rings. The second-order valence-electron chi connectivity index (χ2n) is 1.72. The van der Waals surface area contributed by atoms with Crippen molar-refractivity contribution < 1.29 is 5.11 Å². The summed E-state index contributed by atoms with van der Waals surface area (Å²) in [6.45, 7) is 0. The zero-order chi connectivity index (χ0) is 7.72. The Kier molecular flexibility index (Phi) is 4.93. The Morgan fingerprint density at radius 2 is 1.36 bits per heavy atom. The molecule has 1 rings (SSSR count). The Morgan fingerprint density at radius 3 is 1.73 bits per heavy atom. The standard InChI is InChI=1S/C6H3Br3O.H4Si/c7-3-1-4(8)6(10)5(9)2-3;/h1-2,10H;1H4. The van der Waals surface area contributed by atoms with E-state index in [1.807, 2.05) is 0 Å². The van der Waals surface area contributed by atoms with Crippen LogP contribution in [0.5, 0.6) is 5.75 Å². The number of aromatic hydroxyl groups is 1. The van der Waals surface area contributed by atoms with Gasteiger partial charge in [0.15, 0.2) is 0 Å². The third kappa shape index (κ3) is 2.89. The number of hydrogen-bond donors (Lipinski definition) is 1. The molecule has 62 valence electrons. The molecular weight excluding hydrogens is 356 g/mol. The molecule has 0 atom stereocenters. The number of hydrogen-bond acceptors (Lipinski definition) is 1. The Hall–Kier alpha value is 0.677. The maximum Gasteiger partial charge on any atom is 0.144 e. The maximum absolute atomic E-state index is 9.22. The zero-order valence-corrected chi connectivity index (χ0v) is 9.49. The second kappa shape index (κ2) is 4.64. The summed E-state index contributed by atoms with van der Waals surface area (Å²) in [6.07, 6.45) is 0. The van der Waals surface area contributed by atoms with Gasteiger partial charge in [0, 0.05) is 4.47 Å². The predicted molar refractivity (Wildman–Crippen MR) is 62.5 cm³/mol. The van der Waals surface area contributed by atoms with Gasteiger partial charge in [-0.3, -0.25) is 0 Å². The summed E-state index contributed by atoms with van der Waals surface area (Å²) in [5.74, 6) is 0.225. The van der Waals surface area contributed by atoms with Gasteiger partial charge >= 0.3 is 0 Å². The van der Waals surface area contributed by atoms with E-state index >= 15 is 0 Å². The molecule has 0 aliphatic heterocycles. The molecule has 11 heavy (non-hydrogen) atoms. The van der Waals surface area contributed by atoms with E-state index < -0.39 is 0 Å². The van der Waals surface area contributed by atoms with Crippen LogP contribution >= 0.6 is 47.8 Å². The van der Waals surface area contributed by atoms with Crippen molar-refractivity contribution in [3.05, 3.63) is 25.6 Å². The number of phenols is 1. The molecule has 0 aromatic heterocycles. The van der Waals surface area contributed by atoms with E-state index in [1.165, 1.54) is 0 Å². The van der Waals surface area contributed by atoms with Gasteiger partial charge in [-0.25, -0.2) is 0 Å². The quantitative estimate of drug-likeness (QED) is 0.702. The molecule has 0 saturated carbocycles. The molecule has 0 unspecified atom stereocenters. The van der Waals surface area contributed by atoms with Gasteiger partial charge in [0.05, 0.1) is 8.95 Å². The third-order valence-corrected chi connectivity index (χ3v) is 2.65. The SMILES string of the molecule is Oc1c(Br)cc(Br)cc1Br.[SiH4]. The van der Waals surface area contributed by atoms with E-state index in [0.717, 1.165) is 4.47 Å². The van der Waals surface area contributed by atoms with E-state index in [4.69, 9.17) is 0 Å². The zero-order valence-electron chi connectivity index (χ0n) is 4.74. The van der Waals surface area contributed by atoms with E-state index in [9.17, 15) is 5.11 Å². The van der Waals surface area contributed by atoms with Crippen molar-refractivity contribution in [3.8, 4) is 5.75 Å². The molecule has 1 aromatic rings. The smallest absolute Gasteiger partial charge is 0.144 e. The van der Waals surface area contributed by atoms with Gasteiger partial charge in [-0.15, -0.1) is 0 Å². The summed E-state index contributed by atoms with van der Waals surface area (Å²) in [5.41, 5.74) is 0. The highest BCUT2D eigenvalue weighted by Crippen LogP contribution is 2.34. The van der Waals surface area contributed by atoms with Crippen molar-refractivity contribution in [2.24, 2.45) is 0 Å². The molecule has 0 spiro atoms. The van der Waals surface area contributed by atoms with Crippen LogP contribution in [-0.4, -0.2) is 16.1 Å². The minimum Gasteiger partial charge on any atom is -0.506 e. The van der Waals surface area contributed by atoms with Crippen LogP contribution in [0.1, 0.15) is 0 Å². The number of benzene rings is 1. The lowest BCUT2D eigenvalue weighted by atomic mass is 10.3.